The summed E-state index contributed by atoms with van der Waals surface area (Å²) in [6.45, 7) is 7.34. The third kappa shape index (κ3) is 2.83. The fourth-order valence-corrected chi connectivity index (χ4v) is 2.81. The normalized spacial score (nSPS) is 12.7. The van der Waals surface area contributed by atoms with E-state index in [1.54, 1.807) is 0 Å². The Morgan fingerprint density at radius 1 is 1.19 bits per heavy atom. The van der Waals surface area contributed by atoms with Gasteiger partial charge in [0.2, 0.25) is 0 Å². The van der Waals surface area contributed by atoms with Gasteiger partial charge in [0.05, 0.1) is 11.7 Å². The molecule has 1 aromatic carbocycles. The Labute approximate surface area is 125 Å². The first-order chi connectivity index (χ1) is 10.1. The van der Waals surface area contributed by atoms with Gasteiger partial charge in [-0.05, 0) is 44.0 Å². The highest BCUT2D eigenvalue weighted by Crippen LogP contribution is 2.19. The van der Waals surface area contributed by atoms with E-state index in [0.29, 0.717) is 6.04 Å². The second kappa shape index (κ2) is 5.70. The largest absolute Gasteiger partial charge is 0.306 e. The molecule has 1 unspecified atom stereocenters. The molecule has 0 aliphatic rings. The van der Waals surface area contributed by atoms with Crippen molar-refractivity contribution < 1.29 is 0 Å². The van der Waals surface area contributed by atoms with E-state index in [4.69, 9.17) is 0 Å². The van der Waals surface area contributed by atoms with Gasteiger partial charge in [-0.3, -0.25) is 0 Å². The molecule has 0 fully saturated rings. The molecule has 108 valence electrons. The number of aromatic nitrogens is 2. The first kappa shape index (κ1) is 13.8. The zero-order valence-corrected chi connectivity index (χ0v) is 12.8. The maximum absolute atomic E-state index is 4.38. The minimum atomic E-state index is 0.323. The monoisotopic (exact) mass is 279 g/mol. The average molecular weight is 279 g/mol. The molecule has 3 aromatic rings. The van der Waals surface area contributed by atoms with Gasteiger partial charge in [-0.2, -0.15) is 5.10 Å². The fraction of sp³-hybridized carbons (Fsp3) is 0.278. The number of benzene rings is 1. The Balaban J connectivity index is 1.75. The SMILES string of the molecule is Cc1ccc(C(C)NCc2cnn3ccccc23)c(C)c1. The third-order valence-electron chi connectivity index (χ3n) is 4.00. The number of fused-ring (bicyclic) bond motifs is 1. The van der Waals surface area contributed by atoms with Crippen LogP contribution in [0.5, 0.6) is 0 Å². The molecule has 0 aliphatic heterocycles. The summed E-state index contributed by atoms with van der Waals surface area (Å²) in [5.41, 5.74) is 6.41. The first-order valence-electron chi connectivity index (χ1n) is 7.37. The van der Waals surface area contributed by atoms with Crippen LogP contribution in [0.4, 0.5) is 0 Å². The van der Waals surface area contributed by atoms with Crippen LogP contribution in [-0.4, -0.2) is 9.61 Å². The highest BCUT2D eigenvalue weighted by atomic mass is 15.2. The van der Waals surface area contributed by atoms with Crippen LogP contribution >= 0.6 is 0 Å². The molecular weight excluding hydrogens is 258 g/mol. The van der Waals surface area contributed by atoms with E-state index in [1.807, 2.05) is 29.0 Å². The van der Waals surface area contributed by atoms with Crippen molar-refractivity contribution in [3.8, 4) is 0 Å². The summed E-state index contributed by atoms with van der Waals surface area (Å²) in [4.78, 5) is 0. The summed E-state index contributed by atoms with van der Waals surface area (Å²) >= 11 is 0. The molecule has 0 saturated heterocycles. The molecule has 1 N–H and O–H groups in total. The number of pyridine rings is 1. The van der Waals surface area contributed by atoms with E-state index in [2.05, 4.69) is 55.5 Å². The van der Waals surface area contributed by atoms with E-state index >= 15 is 0 Å². The molecule has 0 bridgehead atoms. The van der Waals surface area contributed by atoms with Crippen LogP contribution in [-0.2, 0) is 6.54 Å². The quantitative estimate of drug-likeness (QED) is 0.787. The predicted octanol–water partition coefficient (Wildman–Crippen LogP) is 3.80. The van der Waals surface area contributed by atoms with Crippen LogP contribution < -0.4 is 5.32 Å². The molecule has 0 aliphatic carbocycles. The molecule has 2 aromatic heterocycles. The molecule has 0 amide bonds. The van der Waals surface area contributed by atoms with Crippen LogP contribution in [0.3, 0.4) is 0 Å². The highest BCUT2D eigenvalue weighted by molar-refractivity contribution is 5.53. The minimum Gasteiger partial charge on any atom is -0.306 e. The second-order valence-corrected chi connectivity index (χ2v) is 5.66. The van der Waals surface area contributed by atoms with Gasteiger partial charge < -0.3 is 5.32 Å². The van der Waals surface area contributed by atoms with Crippen LogP contribution in [0.15, 0.2) is 48.8 Å². The maximum atomic E-state index is 4.38. The third-order valence-corrected chi connectivity index (χ3v) is 4.00. The molecule has 3 rings (SSSR count). The molecule has 1 atom stereocenters. The van der Waals surface area contributed by atoms with Crippen molar-refractivity contribution in [3.63, 3.8) is 0 Å². The van der Waals surface area contributed by atoms with Gasteiger partial charge in [0.1, 0.15) is 0 Å². The number of hydrogen-bond donors (Lipinski definition) is 1. The lowest BCUT2D eigenvalue weighted by molar-refractivity contribution is 0.573. The molecular formula is C18H21N3. The van der Waals surface area contributed by atoms with Gasteiger partial charge in [-0.1, -0.05) is 29.8 Å². The molecule has 3 nitrogen and oxygen atoms in total. The van der Waals surface area contributed by atoms with E-state index in [1.165, 1.54) is 22.3 Å². The van der Waals surface area contributed by atoms with Crippen molar-refractivity contribution in [3.05, 3.63) is 71.0 Å². The van der Waals surface area contributed by atoms with Crippen LogP contribution in [0.25, 0.3) is 5.52 Å². The van der Waals surface area contributed by atoms with Gasteiger partial charge in [-0.25, -0.2) is 4.52 Å². The van der Waals surface area contributed by atoms with E-state index < -0.39 is 0 Å². The van der Waals surface area contributed by atoms with Crippen LogP contribution in [0.1, 0.15) is 35.2 Å². The molecule has 0 radical (unpaired) electrons. The smallest absolute Gasteiger partial charge is 0.0706 e. The van der Waals surface area contributed by atoms with E-state index in [-0.39, 0.29) is 0 Å². The lowest BCUT2D eigenvalue weighted by atomic mass is 10.0. The van der Waals surface area contributed by atoms with Gasteiger partial charge in [-0.15, -0.1) is 0 Å². The molecule has 2 heterocycles. The fourth-order valence-electron chi connectivity index (χ4n) is 2.81. The lowest BCUT2D eigenvalue weighted by Gasteiger charge is -2.17. The summed E-state index contributed by atoms with van der Waals surface area (Å²) in [6.07, 6.45) is 3.92. The Morgan fingerprint density at radius 3 is 2.86 bits per heavy atom. The number of aryl methyl sites for hydroxylation is 2. The average Bonchev–Trinajstić information content (AvgIpc) is 2.88. The van der Waals surface area contributed by atoms with Crippen molar-refractivity contribution in [1.29, 1.82) is 0 Å². The van der Waals surface area contributed by atoms with Crippen LogP contribution in [0, 0.1) is 13.8 Å². The Hall–Kier alpha value is -2.13. The Morgan fingerprint density at radius 2 is 2.05 bits per heavy atom. The highest BCUT2D eigenvalue weighted by Gasteiger charge is 2.09. The molecule has 3 heteroatoms. The van der Waals surface area contributed by atoms with Crippen molar-refractivity contribution >= 4 is 5.52 Å². The molecule has 0 spiro atoms. The Kier molecular flexibility index (Phi) is 3.76. The minimum absolute atomic E-state index is 0.323. The first-order valence-corrected chi connectivity index (χ1v) is 7.37. The standard InChI is InChI=1S/C18H21N3/c1-13-7-8-17(14(2)10-13)15(3)19-11-16-12-20-21-9-5-4-6-18(16)21/h4-10,12,15,19H,11H2,1-3H3. The van der Waals surface area contributed by atoms with E-state index in [0.717, 1.165) is 12.1 Å². The van der Waals surface area contributed by atoms with Crippen LogP contribution in [0.2, 0.25) is 0 Å². The van der Waals surface area contributed by atoms with Gasteiger partial charge >= 0.3 is 0 Å². The van der Waals surface area contributed by atoms with Crippen molar-refractivity contribution in [1.82, 2.24) is 14.9 Å². The molecule has 21 heavy (non-hydrogen) atoms. The van der Waals surface area contributed by atoms with Crippen molar-refractivity contribution in [2.75, 3.05) is 0 Å². The van der Waals surface area contributed by atoms with Gasteiger partial charge in [0, 0.05) is 24.3 Å². The van der Waals surface area contributed by atoms with Gasteiger partial charge in [0.25, 0.3) is 0 Å². The Bertz CT molecular complexity index is 758. The number of rotatable bonds is 4. The van der Waals surface area contributed by atoms with Gasteiger partial charge in [0.15, 0.2) is 0 Å². The number of nitrogens with one attached hydrogen (secondary N) is 1. The summed E-state index contributed by atoms with van der Waals surface area (Å²) in [5, 5.41) is 7.98. The second-order valence-electron chi connectivity index (χ2n) is 5.66. The number of hydrogen-bond acceptors (Lipinski definition) is 2. The molecule has 0 saturated carbocycles. The van der Waals surface area contributed by atoms with E-state index in [9.17, 15) is 0 Å². The summed E-state index contributed by atoms with van der Waals surface area (Å²) < 4.78 is 1.92. The lowest BCUT2D eigenvalue weighted by Crippen LogP contribution is -2.18. The van der Waals surface area contributed by atoms with Crippen molar-refractivity contribution in [2.24, 2.45) is 0 Å². The zero-order chi connectivity index (χ0) is 14.8. The topological polar surface area (TPSA) is 29.3 Å². The maximum Gasteiger partial charge on any atom is 0.0706 e. The summed E-state index contributed by atoms with van der Waals surface area (Å²) in [5.74, 6) is 0. The summed E-state index contributed by atoms with van der Waals surface area (Å²) in [6, 6.07) is 13.1. The number of nitrogens with zero attached hydrogens (tertiary/aromatic N) is 2. The predicted molar refractivity (Wildman–Crippen MR) is 86.4 cm³/mol. The van der Waals surface area contributed by atoms with Crippen molar-refractivity contribution in [2.45, 2.75) is 33.4 Å². The zero-order valence-electron chi connectivity index (χ0n) is 12.8. The summed E-state index contributed by atoms with van der Waals surface area (Å²) in [7, 11) is 0.